The summed E-state index contributed by atoms with van der Waals surface area (Å²) in [5.41, 5.74) is 2.24. The molecule has 1 aromatic heterocycles. The Kier molecular flexibility index (Phi) is 5.88. The average Bonchev–Trinajstić information content (AvgIpc) is 3.01. The van der Waals surface area contributed by atoms with Gasteiger partial charge in [-0.2, -0.15) is 0 Å². The predicted octanol–water partition coefficient (Wildman–Crippen LogP) is 2.30. The van der Waals surface area contributed by atoms with Crippen LogP contribution in [0.15, 0.2) is 35.1 Å². The van der Waals surface area contributed by atoms with Crippen LogP contribution in [0.5, 0.6) is 5.75 Å². The van der Waals surface area contributed by atoms with Crippen molar-refractivity contribution in [3.63, 3.8) is 0 Å². The van der Waals surface area contributed by atoms with Crippen molar-refractivity contribution in [2.24, 2.45) is 7.05 Å². The van der Waals surface area contributed by atoms with Gasteiger partial charge in [0.2, 0.25) is 5.91 Å². The molecule has 10 heteroatoms. The number of rotatable bonds is 5. The van der Waals surface area contributed by atoms with Crippen molar-refractivity contribution in [1.82, 2.24) is 14.5 Å². The lowest BCUT2D eigenvalue weighted by atomic mass is 10.1. The van der Waals surface area contributed by atoms with Crippen molar-refractivity contribution >= 4 is 28.3 Å². The van der Waals surface area contributed by atoms with E-state index in [0.717, 1.165) is 0 Å². The van der Waals surface area contributed by atoms with E-state index in [0.29, 0.717) is 42.0 Å². The molecule has 0 bridgehead atoms. The number of aryl methyl sites for hydroxylation is 1. The maximum atomic E-state index is 14.1. The molecule has 1 amide bonds. The van der Waals surface area contributed by atoms with Gasteiger partial charge in [-0.1, -0.05) is 0 Å². The quantitative estimate of drug-likeness (QED) is 0.630. The first kappa shape index (κ1) is 21.8. The Morgan fingerprint density at radius 3 is 2.59 bits per heavy atom. The van der Waals surface area contributed by atoms with Crippen molar-refractivity contribution in [3.8, 4) is 5.75 Å². The molecular weight excluding hydrogens is 420 g/mol. The Hall–Kier alpha value is -3.40. The lowest BCUT2D eigenvalue weighted by Gasteiger charge is -2.41. The summed E-state index contributed by atoms with van der Waals surface area (Å²) < 4.78 is 34.4. The van der Waals surface area contributed by atoms with Gasteiger partial charge in [0.25, 0.3) is 0 Å². The van der Waals surface area contributed by atoms with Crippen LogP contribution in [-0.4, -0.2) is 59.7 Å². The number of halogens is 2. The van der Waals surface area contributed by atoms with E-state index in [9.17, 15) is 18.4 Å². The van der Waals surface area contributed by atoms with E-state index in [1.807, 2.05) is 16.7 Å². The molecule has 1 fully saturated rings. The van der Waals surface area contributed by atoms with Gasteiger partial charge >= 0.3 is 5.69 Å². The highest BCUT2D eigenvalue weighted by Crippen LogP contribution is 2.29. The second kappa shape index (κ2) is 8.62. The number of benzene rings is 2. The van der Waals surface area contributed by atoms with Gasteiger partial charge in [0.05, 0.1) is 24.7 Å². The molecule has 32 heavy (non-hydrogen) atoms. The van der Waals surface area contributed by atoms with Gasteiger partial charge in [-0.15, -0.1) is 0 Å². The molecule has 2 N–H and O–H groups in total. The topological polar surface area (TPSA) is 82.6 Å². The molecule has 1 aliphatic rings. The Morgan fingerprint density at radius 2 is 1.94 bits per heavy atom. The zero-order valence-corrected chi connectivity index (χ0v) is 18.1. The summed E-state index contributed by atoms with van der Waals surface area (Å²) in [6, 6.07) is 7.73. The van der Waals surface area contributed by atoms with Crippen LogP contribution in [-0.2, 0) is 11.8 Å². The van der Waals surface area contributed by atoms with Crippen molar-refractivity contribution < 1.29 is 18.3 Å². The van der Waals surface area contributed by atoms with Gasteiger partial charge in [-0.3, -0.25) is 14.3 Å². The molecule has 2 heterocycles. The number of aromatic amines is 1. The maximum Gasteiger partial charge on any atom is 0.326 e. The summed E-state index contributed by atoms with van der Waals surface area (Å²) in [4.78, 5) is 30.9. The van der Waals surface area contributed by atoms with Gasteiger partial charge in [0, 0.05) is 56.2 Å². The number of amides is 1. The van der Waals surface area contributed by atoms with Crippen LogP contribution in [0, 0.1) is 11.6 Å². The molecule has 0 unspecified atom stereocenters. The number of fused-ring (bicyclic) bond motifs is 1. The van der Waals surface area contributed by atoms with Gasteiger partial charge in [-0.05, 0) is 25.1 Å². The van der Waals surface area contributed by atoms with Crippen LogP contribution in [0.1, 0.15) is 6.92 Å². The van der Waals surface area contributed by atoms with Crippen LogP contribution < -0.4 is 20.6 Å². The van der Waals surface area contributed by atoms with Crippen LogP contribution in [0.4, 0.5) is 20.2 Å². The van der Waals surface area contributed by atoms with E-state index in [2.05, 4.69) is 10.3 Å². The van der Waals surface area contributed by atoms with Crippen LogP contribution in [0.25, 0.3) is 11.0 Å². The molecule has 0 spiro atoms. The number of ether oxygens (including phenoxy) is 1. The zero-order valence-electron chi connectivity index (χ0n) is 18.1. The van der Waals surface area contributed by atoms with Gasteiger partial charge in [0.1, 0.15) is 0 Å². The maximum absolute atomic E-state index is 14.1. The number of nitrogens with one attached hydrogen (secondary N) is 2. The molecule has 2 aromatic carbocycles. The predicted molar refractivity (Wildman–Crippen MR) is 118 cm³/mol. The number of carbonyl (C=O) groups is 1. The molecule has 0 aliphatic carbocycles. The smallest absolute Gasteiger partial charge is 0.326 e. The average molecular weight is 445 g/mol. The van der Waals surface area contributed by atoms with E-state index >= 15 is 0 Å². The summed E-state index contributed by atoms with van der Waals surface area (Å²) in [5.74, 6) is -2.05. The lowest BCUT2D eigenvalue weighted by Crippen LogP contribution is -2.53. The number of anilines is 2. The largest absolute Gasteiger partial charge is 0.491 e. The van der Waals surface area contributed by atoms with E-state index in [4.69, 9.17) is 4.74 Å². The van der Waals surface area contributed by atoms with E-state index in [1.54, 1.807) is 25.2 Å². The van der Waals surface area contributed by atoms with Crippen molar-refractivity contribution in [2.75, 3.05) is 43.5 Å². The first-order valence-electron chi connectivity index (χ1n) is 10.3. The Balaban J connectivity index is 1.38. The number of carbonyl (C=O) groups excluding carboxylic acids is 1. The molecule has 1 atom stereocenters. The summed E-state index contributed by atoms with van der Waals surface area (Å²) in [5, 5.41) is 2.87. The van der Waals surface area contributed by atoms with E-state index in [-0.39, 0.29) is 24.2 Å². The summed E-state index contributed by atoms with van der Waals surface area (Å²) in [7, 11) is 2.89. The third-order valence-electron chi connectivity index (χ3n) is 5.79. The standard InChI is InChI=1S/C22H25F2N5O3/c1-13-11-28(6-7-29(13)15-9-16(23)21(32-3)17(24)10-15)12-20(30)25-14-4-5-18-19(8-14)27(2)22(31)26-18/h4-5,8-10,13H,6-7,11-12H2,1-3H3,(H,25,30)(H,26,31)/t13-/m1/s1. The fourth-order valence-electron chi connectivity index (χ4n) is 4.17. The number of nitrogens with zero attached hydrogens (tertiary/aromatic N) is 3. The Bertz CT molecular complexity index is 1200. The van der Waals surface area contributed by atoms with Gasteiger partial charge in [0.15, 0.2) is 17.4 Å². The third-order valence-corrected chi connectivity index (χ3v) is 5.79. The number of hydrogen-bond acceptors (Lipinski definition) is 5. The second-order valence-electron chi connectivity index (χ2n) is 7.99. The van der Waals surface area contributed by atoms with E-state index < -0.39 is 17.4 Å². The molecular formula is C22H25F2N5O3. The summed E-state index contributed by atoms with van der Waals surface area (Å²) in [6.45, 7) is 3.79. The van der Waals surface area contributed by atoms with Crippen molar-refractivity contribution in [3.05, 3.63) is 52.5 Å². The summed E-state index contributed by atoms with van der Waals surface area (Å²) in [6.07, 6.45) is 0. The minimum Gasteiger partial charge on any atom is -0.491 e. The van der Waals surface area contributed by atoms with Crippen molar-refractivity contribution in [2.45, 2.75) is 13.0 Å². The second-order valence-corrected chi connectivity index (χ2v) is 7.99. The minimum atomic E-state index is -0.742. The number of aromatic nitrogens is 2. The minimum absolute atomic E-state index is 0.0468. The SMILES string of the molecule is COc1c(F)cc(N2CCN(CC(=O)Nc3ccc4[nH]c(=O)n(C)c4c3)C[C@H]2C)cc1F. The van der Waals surface area contributed by atoms with Crippen molar-refractivity contribution in [1.29, 1.82) is 0 Å². The number of piperazine rings is 1. The van der Waals surface area contributed by atoms with Gasteiger partial charge in [-0.25, -0.2) is 13.6 Å². The number of H-pyrrole nitrogens is 1. The van der Waals surface area contributed by atoms with E-state index in [1.165, 1.54) is 23.8 Å². The molecule has 0 radical (unpaired) electrons. The van der Waals surface area contributed by atoms with Gasteiger partial charge < -0.3 is 19.9 Å². The molecule has 1 aliphatic heterocycles. The van der Waals surface area contributed by atoms with Crippen LogP contribution >= 0.6 is 0 Å². The molecule has 170 valence electrons. The van der Waals surface area contributed by atoms with Crippen LogP contribution in [0.3, 0.4) is 0 Å². The summed E-state index contributed by atoms with van der Waals surface area (Å²) >= 11 is 0. The zero-order chi connectivity index (χ0) is 23.0. The molecule has 8 nitrogen and oxygen atoms in total. The normalized spacial score (nSPS) is 17.0. The highest BCUT2D eigenvalue weighted by atomic mass is 19.1. The Labute approximate surface area is 183 Å². The number of imidazole rings is 1. The first-order chi connectivity index (χ1) is 15.3. The van der Waals surface area contributed by atoms with Crippen LogP contribution in [0.2, 0.25) is 0 Å². The highest BCUT2D eigenvalue weighted by Gasteiger charge is 2.27. The monoisotopic (exact) mass is 445 g/mol. The number of hydrogen-bond donors (Lipinski definition) is 2. The molecule has 0 saturated carbocycles. The molecule has 1 saturated heterocycles. The molecule has 4 rings (SSSR count). The lowest BCUT2D eigenvalue weighted by molar-refractivity contribution is -0.117. The number of methoxy groups -OCH3 is 1. The first-order valence-corrected chi connectivity index (χ1v) is 10.3. The fourth-order valence-corrected chi connectivity index (χ4v) is 4.17. The molecule has 3 aromatic rings. The fraction of sp³-hybridized carbons (Fsp3) is 0.364. The Morgan fingerprint density at radius 1 is 1.22 bits per heavy atom. The third kappa shape index (κ3) is 4.18. The highest BCUT2D eigenvalue weighted by molar-refractivity contribution is 5.94.